The van der Waals surface area contributed by atoms with Crippen LogP contribution in [0.3, 0.4) is 0 Å². The third-order valence-corrected chi connectivity index (χ3v) is 20.4. The number of hydrogen-bond acceptors (Lipinski definition) is 3. The number of furan rings is 2. The van der Waals surface area contributed by atoms with Gasteiger partial charge in [0.2, 0.25) is 0 Å². The van der Waals surface area contributed by atoms with Crippen LogP contribution >= 0.6 is 0 Å². The molecular formula is C71H73BN2O2. The van der Waals surface area contributed by atoms with E-state index in [0.29, 0.717) is 0 Å². The van der Waals surface area contributed by atoms with E-state index in [9.17, 15) is 0 Å². The second kappa shape index (κ2) is 14.2. The number of anilines is 2. The molecule has 0 saturated heterocycles. The third-order valence-electron chi connectivity index (χ3n) is 20.4. The maximum absolute atomic E-state index is 7.68. The monoisotopic (exact) mass is 997 g/mol. The number of rotatable bonds is 1. The highest BCUT2D eigenvalue weighted by Crippen LogP contribution is 2.61. The second-order valence-corrected chi connectivity index (χ2v) is 29.4. The van der Waals surface area contributed by atoms with Gasteiger partial charge in [-0.3, -0.25) is 0 Å². The molecular weight excluding hydrogens is 924 g/mol. The molecule has 382 valence electrons. The van der Waals surface area contributed by atoms with Crippen molar-refractivity contribution in [1.29, 1.82) is 0 Å². The molecule has 5 heterocycles. The Labute approximate surface area is 450 Å². The molecule has 0 unspecified atom stereocenters. The van der Waals surface area contributed by atoms with Crippen molar-refractivity contribution < 1.29 is 8.83 Å². The van der Waals surface area contributed by atoms with Gasteiger partial charge in [-0.2, -0.15) is 0 Å². The topological polar surface area (TPSA) is 34.5 Å². The van der Waals surface area contributed by atoms with E-state index in [1.807, 2.05) is 0 Å². The lowest BCUT2D eigenvalue weighted by molar-refractivity contribution is 0.332. The second-order valence-electron chi connectivity index (χ2n) is 29.4. The van der Waals surface area contributed by atoms with Gasteiger partial charge >= 0.3 is 6.85 Å². The lowest BCUT2D eigenvalue weighted by Crippen LogP contribution is -2.60. The summed E-state index contributed by atoms with van der Waals surface area (Å²) in [4.78, 5) is 2.68. The molecule has 3 aromatic heterocycles. The number of hydrogen-bond donors (Lipinski definition) is 0. The van der Waals surface area contributed by atoms with E-state index in [2.05, 4.69) is 223 Å². The van der Waals surface area contributed by atoms with Crippen molar-refractivity contribution in [2.75, 3.05) is 4.81 Å². The van der Waals surface area contributed by atoms with Gasteiger partial charge in [0.15, 0.2) is 0 Å². The Bertz CT molecular complexity index is 4280. The summed E-state index contributed by atoms with van der Waals surface area (Å²) in [6.07, 6.45) is 4.62. The van der Waals surface area contributed by atoms with Crippen LogP contribution in [-0.4, -0.2) is 11.4 Å². The van der Waals surface area contributed by atoms with E-state index >= 15 is 0 Å². The summed E-state index contributed by atoms with van der Waals surface area (Å²) in [6, 6.07) is 41.0. The molecule has 15 rings (SSSR count). The van der Waals surface area contributed by atoms with Gasteiger partial charge in [0, 0.05) is 49.3 Å². The van der Waals surface area contributed by atoms with E-state index in [0.717, 1.165) is 59.2 Å². The zero-order chi connectivity index (χ0) is 53.1. The summed E-state index contributed by atoms with van der Waals surface area (Å²) in [5.74, 6) is 0. The molecule has 0 fully saturated rings. The van der Waals surface area contributed by atoms with Crippen molar-refractivity contribution in [3.8, 4) is 27.9 Å². The molecule has 7 aromatic carbocycles. The minimum Gasteiger partial charge on any atom is -0.466 e. The predicted molar refractivity (Wildman–Crippen MR) is 322 cm³/mol. The molecule has 5 aliphatic rings. The van der Waals surface area contributed by atoms with Gasteiger partial charge in [-0.05, 0) is 185 Å². The van der Waals surface area contributed by atoms with Crippen molar-refractivity contribution in [3.05, 3.63) is 148 Å². The molecule has 4 nitrogen and oxygen atoms in total. The minimum absolute atomic E-state index is 0.00800. The molecule has 2 aliphatic heterocycles. The number of benzene rings is 7. The molecule has 0 bridgehead atoms. The van der Waals surface area contributed by atoms with E-state index < -0.39 is 0 Å². The van der Waals surface area contributed by atoms with Crippen LogP contribution in [0.4, 0.5) is 11.4 Å². The van der Waals surface area contributed by atoms with Gasteiger partial charge in [0.1, 0.15) is 22.4 Å². The van der Waals surface area contributed by atoms with Crippen LogP contribution < -0.4 is 15.9 Å². The Hall–Kier alpha value is -6.46. The SMILES string of the molecule is CC(C)(C)c1ccc(N2B3c4oc5ccc(C(C)(C)C)cc5c4-n4c5cc6c(cc5c5c7c(c(c3c54)-c3cc4oc5cc8c(cc5c4cc32)C(C)(C)CCC8(C)C)-c2ccccc2C7(C)C)C(C)(C)CCC6(C)C)cc1. The average Bonchev–Trinajstić information content (AvgIpc) is 3.63. The van der Waals surface area contributed by atoms with Crippen LogP contribution in [-0.2, 0) is 37.9 Å². The number of aromatic nitrogens is 1. The first-order valence-electron chi connectivity index (χ1n) is 28.5. The van der Waals surface area contributed by atoms with Gasteiger partial charge in [-0.1, -0.05) is 153 Å². The van der Waals surface area contributed by atoms with Crippen LogP contribution in [0.2, 0.25) is 0 Å². The molecule has 3 aliphatic carbocycles. The molecule has 10 aromatic rings. The highest BCUT2D eigenvalue weighted by atomic mass is 16.3. The highest BCUT2D eigenvalue weighted by molar-refractivity contribution is 6.93. The van der Waals surface area contributed by atoms with Gasteiger partial charge in [-0.25, -0.2) is 0 Å². The fraction of sp³-hybridized carbons (Fsp3) is 0.380. The zero-order valence-electron chi connectivity index (χ0n) is 47.9. The van der Waals surface area contributed by atoms with E-state index in [1.165, 1.54) is 116 Å². The molecule has 5 heteroatoms. The molecule has 0 radical (unpaired) electrons. The summed E-state index contributed by atoms with van der Waals surface area (Å²) < 4.78 is 17.7. The van der Waals surface area contributed by atoms with Gasteiger partial charge in [0.25, 0.3) is 0 Å². The zero-order valence-corrected chi connectivity index (χ0v) is 47.9. The van der Waals surface area contributed by atoms with Crippen LogP contribution in [0, 0.1) is 0 Å². The third kappa shape index (κ3) is 5.88. The molecule has 0 amide bonds. The summed E-state index contributed by atoms with van der Waals surface area (Å²) in [6.45, 7) is 38.3. The maximum atomic E-state index is 7.68. The first kappa shape index (κ1) is 46.8. The smallest absolute Gasteiger partial charge is 0.375 e. The van der Waals surface area contributed by atoms with Crippen LogP contribution in [0.5, 0.6) is 0 Å². The average molecular weight is 997 g/mol. The lowest BCUT2D eigenvalue weighted by atomic mass is 9.45. The maximum Gasteiger partial charge on any atom is 0.375 e. The molecule has 0 atom stereocenters. The summed E-state index contributed by atoms with van der Waals surface area (Å²) in [5.41, 5.74) is 27.5. The van der Waals surface area contributed by atoms with Crippen LogP contribution in [0.15, 0.2) is 112 Å². The molecule has 0 saturated carbocycles. The summed E-state index contributed by atoms with van der Waals surface area (Å²) in [5, 5.41) is 6.27. The van der Waals surface area contributed by atoms with E-state index in [1.54, 1.807) is 0 Å². The first-order chi connectivity index (χ1) is 35.7. The lowest BCUT2D eigenvalue weighted by Gasteiger charge is -2.42. The molecule has 76 heavy (non-hydrogen) atoms. The fourth-order valence-corrected chi connectivity index (χ4v) is 15.6. The molecule has 0 N–H and O–H groups in total. The van der Waals surface area contributed by atoms with Crippen molar-refractivity contribution in [3.63, 3.8) is 0 Å². The van der Waals surface area contributed by atoms with Gasteiger partial charge in [0.05, 0.1) is 16.7 Å². The Morgan fingerprint density at radius 3 is 1.70 bits per heavy atom. The summed E-state index contributed by atoms with van der Waals surface area (Å²) in [7, 11) is 0. The first-order valence-corrected chi connectivity index (χ1v) is 28.5. The van der Waals surface area contributed by atoms with Crippen molar-refractivity contribution in [2.45, 2.75) is 174 Å². The largest absolute Gasteiger partial charge is 0.466 e. The Morgan fingerprint density at radius 2 is 1.05 bits per heavy atom. The number of fused-ring (bicyclic) bond motifs is 20. The standard InChI is InChI=1S/C71H73BN2O2/c1-65(2,3)38-21-24-40(25-22-38)74-53-34-43-42-32-48-51(70(13,14)30-28-67(48,7)8)37-56(42)75-55(43)35-45(53)58-57-41-19-17-18-20-47(41)71(15,16)60(57)59-44-33-49-50(69(11,12)29-27-68(49,9)10)36-52(44)73-62-46-31-39(66(4,5)6)23-26-54(46)76-64(62)72(74)61(58)63(59)73/h17-26,31-37H,27-30H2,1-16H3. The number of nitrogens with zero attached hydrogens (tertiary/aromatic N) is 2. The Morgan fingerprint density at radius 1 is 0.487 bits per heavy atom. The highest BCUT2D eigenvalue weighted by Gasteiger charge is 2.53. The fourth-order valence-electron chi connectivity index (χ4n) is 15.6. The minimum atomic E-state index is -0.305. The van der Waals surface area contributed by atoms with Crippen molar-refractivity contribution in [2.24, 2.45) is 0 Å². The normalized spacial score (nSPS) is 19.1. The predicted octanol–water partition coefficient (Wildman–Crippen LogP) is 18.3. The van der Waals surface area contributed by atoms with Gasteiger partial charge in [-0.15, -0.1) is 0 Å². The Kier molecular flexibility index (Phi) is 8.73. The summed E-state index contributed by atoms with van der Waals surface area (Å²) >= 11 is 0. The van der Waals surface area contributed by atoms with Crippen LogP contribution in [0.25, 0.3) is 82.7 Å². The Balaban J connectivity index is 1.18. The van der Waals surface area contributed by atoms with Gasteiger partial charge < -0.3 is 18.2 Å². The van der Waals surface area contributed by atoms with Crippen molar-refractivity contribution in [1.82, 2.24) is 4.57 Å². The van der Waals surface area contributed by atoms with E-state index in [-0.39, 0.29) is 44.8 Å². The van der Waals surface area contributed by atoms with Crippen molar-refractivity contribution >= 4 is 84.1 Å². The molecule has 0 spiro atoms. The van der Waals surface area contributed by atoms with Crippen LogP contribution in [0.1, 0.15) is 181 Å². The quantitative estimate of drug-likeness (QED) is 0.154. The van der Waals surface area contributed by atoms with E-state index in [4.69, 9.17) is 8.83 Å².